The number of nitrogens with zero attached hydrogens (tertiary/aromatic N) is 1. The molecule has 0 amide bonds. The second-order valence-electron chi connectivity index (χ2n) is 2.86. The first-order valence-corrected chi connectivity index (χ1v) is 4.48. The van der Waals surface area contributed by atoms with Crippen LogP contribution in [0.25, 0.3) is 0 Å². The molecule has 0 fully saturated rings. The van der Waals surface area contributed by atoms with Crippen LogP contribution in [0.15, 0.2) is 0 Å². The Kier molecular flexibility index (Phi) is 5.32. The van der Waals surface area contributed by atoms with Crippen molar-refractivity contribution in [3.05, 3.63) is 0 Å². The lowest BCUT2D eigenvalue weighted by molar-refractivity contribution is -0.184. The number of alkyl halides is 3. The Bertz CT molecular complexity index is 132. The zero-order valence-electron chi connectivity index (χ0n) is 8.06. The van der Waals surface area contributed by atoms with E-state index in [9.17, 15) is 13.2 Å². The summed E-state index contributed by atoms with van der Waals surface area (Å²) < 4.78 is 37.3. The minimum Gasteiger partial charge on any atom is -0.330 e. The number of nitrogens with two attached hydrogens (primary N) is 1. The summed E-state index contributed by atoms with van der Waals surface area (Å²) in [6, 6.07) is -1.38. The Balaban J connectivity index is 4.38. The minimum atomic E-state index is -4.16. The molecule has 0 spiro atoms. The van der Waals surface area contributed by atoms with Gasteiger partial charge in [-0.2, -0.15) is 13.2 Å². The molecule has 0 saturated carbocycles. The Morgan fingerprint density at radius 2 is 1.69 bits per heavy atom. The molecule has 2 N–H and O–H groups in total. The van der Waals surface area contributed by atoms with Gasteiger partial charge >= 0.3 is 6.18 Å². The van der Waals surface area contributed by atoms with Gasteiger partial charge in [-0.1, -0.05) is 13.8 Å². The Morgan fingerprint density at radius 3 is 1.92 bits per heavy atom. The third-order valence-electron chi connectivity index (χ3n) is 2.07. The fraction of sp³-hybridized carbons (Fsp3) is 1.00. The SMILES string of the molecule is CCN(CC)C(CCN)C(F)(F)F. The van der Waals surface area contributed by atoms with Crippen LogP contribution in [0.3, 0.4) is 0 Å². The van der Waals surface area contributed by atoms with Crippen LogP contribution in [-0.4, -0.2) is 36.8 Å². The standard InChI is InChI=1S/C8H17F3N2/c1-3-13(4-2)7(5-6-12)8(9,10)11/h7H,3-6,12H2,1-2H3. The third kappa shape index (κ3) is 3.95. The number of rotatable bonds is 5. The van der Waals surface area contributed by atoms with Gasteiger partial charge in [0.05, 0.1) is 0 Å². The average Bonchev–Trinajstić information content (AvgIpc) is 2.03. The van der Waals surface area contributed by atoms with Gasteiger partial charge in [0.1, 0.15) is 6.04 Å². The van der Waals surface area contributed by atoms with Crippen LogP contribution in [0.4, 0.5) is 13.2 Å². The molecule has 1 unspecified atom stereocenters. The highest BCUT2D eigenvalue weighted by atomic mass is 19.4. The van der Waals surface area contributed by atoms with Gasteiger partial charge in [-0.3, -0.25) is 4.90 Å². The monoisotopic (exact) mass is 198 g/mol. The van der Waals surface area contributed by atoms with Crippen LogP contribution >= 0.6 is 0 Å². The van der Waals surface area contributed by atoms with Crippen molar-refractivity contribution >= 4 is 0 Å². The van der Waals surface area contributed by atoms with Crippen LogP contribution in [0.1, 0.15) is 20.3 Å². The van der Waals surface area contributed by atoms with Crippen molar-refractivity contribution in [2.75, 3.05) is 19.6 Å². The van der Waals surface area contributed by atoms with E-state index in [-0.39, 0.29) is 13.0 Å². The van der Waals surface area contributed by atoms with Crippen LogP contribution in [0.5, 0.6) is 0 Å². The number of halogens is 3. The van der Waals surface area contributed by atoms with Crippen molar-refractivity contribution in [1.82, 2.24) is 4.90 Å². The maximum atomic E-state index is 12.4. The highest BCUT2D eigenvalue weighted by Crippen LogP contribution is 2.26. The molecule has 13 heavy (non-hydrogen) atoms. The van der Waals surface area contributed by atoms with Crippen LogP contribution < -0.4 is 5.73 Å². The second-order valence-corrected chi connectivity index (χ2v) is 2.86. The van der Waals surface area contributed by atoms with E-state index in [0.29, 0.717) is 13.1 Å². The predicted octanol–water partition coefficient (Wildman–Crippen LogP) is 1.61. The summed E-state index contributed by atoms with van der Waals surface area (Å²) in [5.74, 6) is 0. The van der Waals surface area contributed by atoms with Gasteiger partial charge in [0.25, 0.3) is 0 Å². The Morgan fingerprint density at radius 1 is 1.23 bits per heavy atom. The predicted molar refractivity (Wildman–Crippen MR) is 46.4 cm³/mol. The lowest BCUT2D eigenvalue weighted by Gasteiger charge is -2.30. The van der Waals surface area contributed by atoms with Gasteiger partial charge in [0, 0.05) is 0 Å². The van der Waals surface area contributed by atoms with E-state index in [4.69, 9.17) is 5.73 Å². The molecule has 0 aliphatic carbocycles. The Hall–Kier alpha value is -0.290. The van der Waals surface area contributed by atoms with Crippen LogP contribution in [0, 0.1) is 0 Å². The fourth-order valence-corrected chi connectivity index (χ4v) is 1.38. The second kappa shape index (κ2) is 5.44. The normalized spacial score (nSPS) is 15.0. The Labute approximate surface area is 76.9 Å². The maximum Gasteiger partial charge on any atom is 0.404 e. The zero-order chi connectivity index (χ0) is 10.5. The highest BCUT2D eigenvalue weighted by Gasteiger charge is 2.41. The van der Waals surface area contributed by atoms with Crippen molar-refractivity contribution in [1.29, 1.82) is 0 Å². The quantitative estimate of drug-likeness (QED) is 0.727. The van der Waals surface area contributed by atoms with Crippen molar-refractivity contribution in [2.45, 2.75) is 32.5 Å². The topological polar surface area (TPSA) is 29.3 Å². The molecule has 1 atom stereocenters. The first kappa shape index (κ1) is 12.7. The summed E-state index contributed by atoms with van der Waals surface area (Å²) in [4.78, 5) is 1.38. The van der Waals surface area contributed by atoms with E-state index in [1.807, 2.05) is 0 Å². The summed E-state index contributed by atoms with van der Waals surface area (Å²) in [5.41, 5.74) is 5.15. The van der Waals surface area contributed by atoms with Gasteiger partial charge in [-0.15, -0.1) is 0 Å². The molecule has 0 aromatic rings. The van der Waals surface area contributed by atoms with E-state index in [1.54, 1.807) is 13.8 Å². The van der Waals surface area contributed by atoms with E-state index >= 15 is 0 Å². The fourth-order valence-electron chi connectivity index (χ4n) is 1.38. The van der Waals surface area contributed by atoms with Crippen molar-refractivity contribution in [3.63, 3.8) is 0 Å². The summed E-state index contributed by atoms with van der Waals surface area (Å²) in [6.07, 6.45) is -4.18. The van der Waals surface area contributed by atoms with E-state index in [1.165, 1.54) is 4.90 Å². The first-order valence-electron chi connectivity index (χ1n) is 4.48. The largest absolute Gasteiger partial charge is 0.404 e. The minimum absolute atomic E-state index is 0.0226. The third-order valence-corrected chi connectivity index (χ3v) is 2.07. The molecular weight excluding hydrogens is 181 g/mol. The molecule has 0 aromatic heterocycles. The van der Waals surface area contributed by atoms with Crippen molar-refractivity contribution in [2.24, 2.45) is 5.73 Å². The molecule has 0 rings (SSSR count). The van der Waals surface area contributed by atoms with Gasteiger partial charge in [-0.25, -0.2) is 0 Å². The van der Waals surface area contributed by atoms with Gasteiger partial charge in [-0.05, 0) is 26.1 Å². The van der Waals surface area contributed by atoms with E-state index in [2.05, 4.69) is 0 Å². The molecular formula is C8H17F3N2. The highest BCUT2D eigenvalue weighted by molar-refractivity contribution is 4.77. The first-order chi connectivity index (χ1) is 5.97. The molecule has 0 radical (unpaired) electrons. The van der Waals surface area contributed by atoms with Gasteiger partial charge in [0.15, 0.2) is 0 Å². The van der Waals surface area contributed by atoms with E-state index < -0.39 is 12.2 Å². The molecule has 0 bridgehead atoms. The molecule has 0 aromatic carbocycles. The molecule has 80 valence electrons. The van der Waals surface area contributed by atoms with Crippen LogP contribution in [-0.2, 0) is 0 Å². The lowest BCUT2D eigenvalue weighted by Crippen LogP contribution is -2.46. The number of hydrogen-bond donors (Lipinski definition) is 1. The summed E-state index contributed by atoms with van der Waals surface area (Å²) >= 11 is 0. The van der Waals surface area contributed by atoms with Crippen molar-refractivity contribution < 1.29 is 13.2 Å². The lowest BCUT2D eigenvalue weighted by atomic mass is 10.1. The summed E-state index contributed by atoms with van der Waals surface area (Å²) in [6.45, 7) is 4.32. The summed E-state index contributed by atoms with van der Waals surface area (Å²) in [7, 11) is 0. The van der Waals surface area contributed by atoms with Crippen LogP contribution in [0.2, 0.25) is 0 Å². The molecule has 5 heteroatoms. The zero-order valence-corrected chi connectivity index (χ0v) is 8.06. The average molecular weight is 198 g/mol. The number of hydrogen-bond acceptors (Lipinski definition) is 2. The van der Waals surface area contributed by atoms with E-state index in [0.717, 1.165) is 0 Å². The molecule has 0 saturated heterocycles. The summed E-state index contributed by atoms with van der Waals surface area (Å²) in [5, 5.41) is 0. The maximum absolute atomic E-state index is 12.4. The molecule has 0 aliphatic rings. The van der Waals surface area contributed by atoms with Gasteiger partial charge < -0.3 is 5.73 Å². The van der Waals surface area contributed by atoms with Gasteiger partial charge in [0.2, 0.25) is 0 Å². The molecule has 0 aliphatic heterocycles. The molecule has 2 nitrogen and oxygen atoms in total. The van der Waals surface area contributed by atoms with Crippen molar-refractivity contribution in [3.8, 4) is 0 Å². The molecule has 0 heterocycles. The smallest absolute Gasteiger partial charge is 0.330 e.